The molecule has 1 aromatic carbocycles. The summed E-state index contributed by atoms with van der Waals surface area (Å²) in [5.41, 5.74) is 1.98. The number of rotatable bonds is 8. The van der Waals surface area contributed by atoms with E-state index in [1.807, 2.05) is 47.2 Å². The second-order valence-electron chi connectivity index (χ2n) is 4.63. The van der Waals surface area contributed by atoms with Crippen molar-refractivity contribution in [3.8, 4) is 0 Å². The van der Waals surface area contributed by atoms with Crippen LogP contribution < -0.4 is 5.32 Å². The van der Waals surface area contributed by atoms with Crippen molar-refractivity contribution in [2.24, 2.45) is 0 Å². The summed E-state index contributed by atoms with van der Waals surface area (Å²) in [4.78, 5) is 11.9. The predicted octanol–water partition coefficient (Wildman–Crippen LogP) is 2.63. The maximum absolute atomic E-state index is 11.9. The minimum absolute atomic E-state index is 0.0392. The molecule has 1 heterocycles. The molecule has 2 N–H and O–H groups in total. The Morgan fingerprint density at radius 3 is 2.82 bits per heavy atom. The molecule has 22 heavy (non-hydrogen) atoms. The summed E-state index contributed by atoms with van der Waals surface area (Å²) in [5.74, 6) is -0.170. The van der Waals surface area contributed by atoms with E-state index in [0.29, 0.717) is 6.54 Å². The number of hydrogen-bond donors (Lipinski definition) is 2. The molecule has 4 nitrogen and oxygen atoms in total. The molecule has 0 aliphatic rings. The van der Waals surface area contributed by atoms with E-state index in [1.54, 1.807) is 17.4 Å². The lowest BCUT2D eigenvalue weighted by Gasteiger charge is -2.16. The number of carbonyl (C=O) groups excluding carboxylic acids is 1. The lowest BCUT2D eigenvalue weighted by molar-refractivity contribution is -0.117. The average molecular weight is 317 g/mol. The molecular weight excluding hydrogens is 298 g/mol. The third-order valence-electron chi connectivity index (χ3n) is 3.01. The molecular formula is C17H19NO3S. The van der Waals surface area contributed by atoms with Gasteiger partial charge in [0.1, 0.15) is 6.10 Å². The monoisotopic (exact) mass is 317 g/mol. The van der Waals surface area contributed by atoms with E-state index >= 15 is 0 Å². The minimum Gasteiger partial charge on any atom is -0.394 e. The van der Waals surface area contributed by atoms with Gasteiger partial charge in [0, 0.05) is 12.6 Å². The quantitative estimate of drug-likeness (QED) is 0.736. The Kier molecular flexibility index (Phi) is 6.83. The van der Waals surface area contributed by atoms with Crippen molar-refractivity contribution < 1.29 is 14.6 Å². The molecule has 0 radical (unpaired) electrons. The van der Waals surface area contributed by atoms with E-state index in [2.05, 4.69) is 5.32 Å². The SMILES string of the molecule is O=C(/C=C/c1ccccc1)NC[C@@H](OCCO)c1ccsc1. The van der Waals surface area contributed by atoms with Crippen molar-refractivity contribution >= 4 is 23.3 Å². The molecule has 1 atom stereocenters. The van der Waals surface area contributed by atoms with Crippen LogP contribution in [0.2, 0.25) is 0 Å². The third kappa shape index (κ3) is 5.44. The zero-order valence-electron chi connectivity index (χ0n) is 12.1. The molecule has 1 aromatic heterocycles. The van der Waals surface area contributed by atoms with Gasteiger partial charge in [0.15, 0.2) is 0 Å². The van der Waals surface area contributed by atoms with Gasteiger partial charge >= 0.3 is 0 Å². The molecule has 0 aliphatic carbocycles. The standard InChI is InChI=1S/C17H19NO3S/c19-9-10-21-16(15-8-11-22-13-15)12-18-17(20)7-6-14-4-2-1-3-5-14/h1-8,11,13,16,19H,9-10,12H2,(H,18,20)/b7-6+/t16-/m1/s1. The van der Waals surface area contributed by atoms with Crippen molar-refractivity contribution in [1.29, 1.82) is 0 Å². The number of thiophene rings is 1. The zero-order valence-corrected chi connectivity index (χ0v) is 13.0. The number of ether oxygens (including phenoxy) is 1. The Labute approximate surface area is 134 Å². The predicted molar refractivity (Wildman–Crippen MR) is 88.6 cm³/mol. The summed E-state index contributed by atoms with van der Waals surface area (Å²) < 4.78 is 5.57. The van der Waals surface area contributed by atoms with Crippen molar-refractivity contribution in [3.05, 3.63) is 64.4 Å². The molecule has 0 saturated carbocycles. The second kappa shape index (κ2) is 9.15. The van der Waals surface area contributed by atoms with Crippen LogP contribution in [0.4, 0.5) is 0 Å². The van der Waals surface area contributed by atoms with E-state index in [1.165, 1.54) is 6.08 Å². The summed E-state index contributed by atoms with van der Waals surface area (Å²) in [6.07, 6.45) is 3.03. The fourth-order valence-corrected chi connectivity index (χ4v) is 2.62. The number of aliphatic hydroxyl groups excluding tert-OH is 1. The Morgan fingerprint density at radius 1 is 1.32 bits per heavy atom. The van der Waals surface area contributed by atoms with Gasteiger partial charge in [0.25, 0.3) is 0 Å². The van der Waals surface area contributed by atoms with Gasteiger partial charge < -0.3 is 15.2 Å². The van der Waals surface area contributed by atoms with Crippen LogP contribution >= 0.6 is 11.3 Å². The first kappa shape index (κ1) is 16.4. The van der Waals surface area contributed by atoms with E-state index in [-0.39, 0.29) is 25.2 Å². The molecule has 1 amide bonds. The lowest BCUT2D eigenvalue weighted by Crippen LogP contribution is -2.28. The summed E-state index contributed by atoms with van der Waals surface area (Å²) in [5, 5.41) is 15.6. The molecule has 5 heteroatoms. The summed E-state index contributed by atoms with van der Waals surface area (Å²) in [7, 11) is 0. The van der Waals surface area contributed by atoms with Crippen LogP contribution in [0.3, 0.4) is 0 Å². The molecule has 0 saturated heterocycles. The van der Waals surface area contributed by atoms with Crippen LogP contribution in [-0.2, 0) is 9.53 Å². The zero-order chi connectivity index (χ0) is 15.6. The number of nitrogens with one attached hydrogen (secondary N) is 1. The van der Waals surface area contributed by atoms with Gasteiger partial charge in [0.05, 0.1) is 13.2 Å². The molecule has 116 valence electrons. The van der Waals surface area contributed by atoms with Gasteiger partial charge in [-0.3, -0.25) is 4.79 Å². The molecule has 0 aliphatic heterocycles. The Hall–Kier alpha value is -1.95. The van der Waals surface area contributed by atoms with Gasteiger partial charge in [-0.15, -0.1) is 0 Å². The molecule has 0 bridgehead atoms. The highest BCUT2D eigenvalue weighted by molar-refractivity contribution is 7.07. The first-order valence-corrected chi connectivity index (χ1v) is 7.99. The van der Waals surface area contributed by atoms with Crippen LogP contribution in [0.1, 0.15) is 17.2 Å². The molecule has 2 rings (SSSR count). The highest BCUT2D eigenvalue weighted by atomic mass is 32.1. The van der Waals surface area contributed by atoms with Crippen molar-refractivity contribution in [2.75, 3.05) is 19.8 Å². The molecule has 0 unspecified atom stereocenters. The lowest BCUT2D eigenvalue weighted by atomic mass is 10.2. The smallest absolute Gasteiger partial charge is 0.244 e. The fraction of sp³-hybridized carbons (Fsp3) is 0.235. The Bertz CT molecular complexity index is 581. The number of hydrogen-bond acceptors (Lipinski definition) is 4. The number of benzene rings is 1. The number of amides is 1. The maximum atomic E-state index is 11.9. The number of carbonyl (C=O) groups is 1. The van der Waals surface area contributed by atoms with Gasteiger partial charge in [0.2, 0.25) is 5.91 Å². The van der Waals surface area contributed by atoms with E-state index < -0.39 is 0 Å². The summed E-state index contributed by atoms with van der Waals surface area (Å²) in [6.45, 7) is 0.577. The van der Waals surface area contributed by atoms with E-state index in [0.717, 1.165) is 11.1 Å². The highest BCUT2D eigenvalue weighted by Gasteiger charge is 2.13. The highest BCUT2D eigenvalue weighted by Crippen LogP contribution is 2.19. The molecule has 0 spiro atoms. The third-order valence-corrected chi connectivity index (χ3v) is 3.72. The Morgan fingerprint density at radius 2 is 2.14 bits per heavy atom. The molecule has 2 aromatic rings. The van der Waals surface area contributed by atoms with Crippen LogP contribution in [0, 0.1) is 0 Å². The van der Waals surface area contributed by atoms with E-state index in [4.69, 9.17) is 9.84 Å². The van der Waals surface area contributed by atoms with Crippen LogP contribution in [-0.4, -0.2) is 30.8 Å². The summed E-state index contributed by atoms with van der Waals surface area (Å²) in [6, 6.07) is 11.6. The van der Waals surface area contributed by atoms with Crippen molar-refractivity contribution in [2.45, 2.75) is 6.10 Å². The summed E-state index contributed by atoms with van der Waals surface area (Å²) >= 11 is 1.57. The fourth-order valence-electron chi connectivity index (χ4n) is 1.91. The van der Waals surface area contributed by atoms with Crippen molar-refractivity contribution in [1.82, 2.24) is 5.32 Å². The topological polar surface area (TPSA) is 58.6 Å². The largest absolute Gasteiger partial charge is 0.394 e. The van der Waals surface area contributed by atoms with Crippen LogP contribution in [0.25, 0.3) is 6.08 Å². The van der Waals surface area contributed by atoms with Crippen molar-refractivity contribution in [3.63, 3.8) is 0 Å². The van der Waals surface area contributed by atoms with Gasteiger partial charge in [-0.1, -0.05) is 30.3 Å². The second-order valence-corrected chi connectivity index (χ2v) is 5.41. The van der Waals surface area contributed by atoms with Crippen LogP contribution in [0.15, 0.2) is 53.2 Å². The van der Waals surface area contributed by atoms with Crippen LogP contribution in [0.5, 0.6) is 0 Å². The minimum atomic E-state index is -0.243. The maximum Gasteiger partial charge on any atom is 0.244 e. The van der Waals surface area contributed by atoms with Gasteiger partial charge in [-0.05, 0) is 34.0 Å². The average Bonchev–Trinajstić information content (AvgIpc) is 3.08. The first-order valence-electron chi connectivity index (χ1n) is 7.05. The van der Waals surface area contributed by atoms with Gasteiger partial charge in [-0.2, -0.15) is 11.3 Å². The number of aliphatic hydroxyl groups is 1. The van der Waals surface area contributed by atoms with E-state index in [9.17, 15) is 4.79 Å². The normalized spacial score (nSPS) is 12.4. The molecule has 0 fully saturated rings. The van der Waals surface area contributed by atoms with Gasteiger partial charge in [-0.25, -0.2) is 0 Å². The first-order chi connectivity index (χ1) is 10.8. The Balaban J connectivity index is 1.86.